The summed E-state index contributed by atoms with van der Waals surface area (Å²) < 4.78 is 23.2. The zero-order valence-electron chi connectivity index (χ0n) is 11.5. The maximum Gasteiger partial charge on any atom is 0.224 e. The lowest BCUT2D eigenvalue weighted by molar-refractivity contribution is -0.120. The van der Waals surface area contributed by atoms with Crippen LogP contribution in [0.1, 0.15) is 5.56 Å². The molecule has 19 heavy (non-hydrogen) atoms. The largest absolute Gasteiger partial charge is 0.355 e. The third-order valence-corrected chi connectivity index (χ3v) is 3.80. The number of likely N-dealkylation sites (N-methyl/N-ethyl adjacent to an activating group) is 1. The topological polar surface area (TPSA) is 66.5 Å². The van der Waals surface area contributed by atoms with Crippen LogP contribution >= 0.6 is 0 Å². The molecule has 0 radical (unpaired) electrons. The zero-order valence-corrected chi connectivity index (χ0v) is 12.3. The first-order valence-corrected chi connectivity index (χ1v) is 7.89. The summed E-state index contributed by atoms with van der Waals surface area (Å²) in [6.07, 6.45) is 1.23. The molecular weight excluding hydrogens is 264 g/mol. The third kappa shape index (κ3) is 5.40. The minimum Gasteiger partial charge on any atom is -0.355 e. The van der Waals surface area contributed by atoms with Crippen molar-refractivity contribution >= 4 is 15.7 Å². The van der Waals surface area contributed by atoms with Crippen molar-refractivity contribution in [3.8, 4) is 0 Å². The van der Waals surface area contributed by atoms with Gasteiger partial charge in [-0.2, -0.15) is 0 Å². The van der Waals surface area contributed by atoms with Crippen molar-refractivity contribution in [2.45, 2.75) is 11.3 Å². The molecule has 0 fully saturated rings. The van der Waals surface area contributed by atoms with E-state index in [2.05, 4.69) is 5.32 Å². The van der Waals surface area contributed by atoms with Gasteiger partial charge in [-0.05, 0) is 25.7 Å². The molecule has 0 heterocycles. The zero-order chi connectivity index (χ0) is 14.5. The fourth-order valence-corrected chi connectivity index (χ4v) is 2.61. The summed E-state index contributed by atoms with van der Waals surface area (Å²) in [5.41, 5.74) is 0.535. The molecule has 1 aromatic rings. The Kier molecular flexibility index (Phi) is 5.50. The van der Waals surface area contributed by atoms with Gasteiger partial charge < -0.3 is 10.2 Å². The molecular formula is C13H20N2O3S. The summed E-state index contributed by atoms with van der Waals surface area (Å²) in [6.45, 7) is 1.30. The van der Waals surface area contributed by atoms with E-state index in [0.717, 1.165) is 12.8 Å². The van der Waals surface area contributed by atoms with Crippen LogP contribution in [0.3, 0.4) is 0 Å². The molecule has 0 aliphatic heterocycles. The van der Waals surface area contributed by atoms with Gasteiger partial charge >= 0.3 is 0 Å². The number of sulfone groups is 1. The van der Waals surface area contributed by atoms with Crippen LogP contribution in [0.25, 0.3) is 0 Å². The van der Waals surface area contributed by atoms with Crippen molar-refractivity contribution < 1.29 is 13.2 Å². The summed E-state index contributed by atoms with van der Waals surface area (Å²) in [6, 6.07) is 6.58. The van der Waals surface area contributed by atoms with Crippen molar-refractivity contribution in [2.24, 2.45) is 0 Å². The molecule has 5 nitrogen and oxygen atoms in total. The van der Waals surface area contributed by atoms with Crippen molar-refractivity contribution in [1.29, 1.82) is 0 Å². The van der Waals surface area contributed by atoms with Gasteiger partial charge in [-0.1, -0.05) is 18.2 Å². The van der Waals surface area contributed by atoms with Gasteiger partial charge in [-0.25, -0.2) is 8.42 Å². The maximum atomic E-state index is 11.7. The summed E-state index contributed by atoms with van der Waals surface area (Å²) in [7, 11) is 0.542. The molecule has 0 aliphatic carbocycles. The van der Waals surface area contributed by atoms with Gasteiger partial charge in [0.25, 0.3) is 0 Å². The number of carbonyl (C=O) groups excluding carboxylic acids is 1. The van der Waals surface area contributed by atoms with E-state index >= 15 is 0 Å². The van der Waals surface area contributed by atoms with Crippen molar-refractivity contribution in [1.82, 2.24) is 10.2 Å². The Morgan fingerprint density at radius 3 is 2.47 bits per heavy atom. The van der Waals surface area contributed by atoms with Gasteiger partial charge in [0, 0.05) is 19.3 Å². The number of rotatable bonds is 6. The molecule has 1 aromatic carbocycles. The Balaban J connectivity index is 2.70. The molecule has 106 valence electrons. The fourth-order valence-electron chi connectivity index (χ4n) is 1.67. The standard InChI is InChI=1S/C13H20N2O3S/c1-15(2)9-8-14-13(16)10-11-6-4-5-7-12(11)19(3,17)18/h4-7H,8-10H2,1-3H3,(H,14,16). The average Bonchev–Trinajstić information content (AvgIpc) is 2.27. The first kappa shape index (κ1) is 15.7. The average molecular weight is 284 g/mol. The molecule has 0 bridgehead atoms. The van der Waals surface area contributed by atoms with Gasteiger partial charge in [0.05, 0.1) is 11.3 Å². The second kappa shape index (κ2) is 6.68. The van der Waals surface area contributed by atoms with E-state index in [9.17, 15) is 13.2 Å². The third-order valence-electron chi connectivity index (χ3n) is 2.60. The normalized spacial score (nSPS) is 11.6. The van der Waals surface area contributed by atoms with Gasteiger partial charge in [-0.15, -0.1) is 0 Å². The first-order valence-electron chi connectivity index (χ1n) is 6.00. The summed E-state index contributed by atoms with van der Waals surface area (Å²) in [5.74, 6) is -0.169. The van der Waals surface area contributed by atoms with Crippen molar-refractivity contribution in [3.63, 3.8) is 0 Å². The van der Waals surface area contributed by atoms with Crippen LogP contribution in [0.15, 0.2) is 29.2 Å². The van der Waals surface area contributed by atoms with Gasteiger partial charge in [-0.3, -0.25) is 4.79 Å². The highest BCUT2D eigenvalue weighted by Gasteiger charge is 2.14. The van der Waals surface area contributed by atoms with Gasteiger partial charge in [0.15, 0.2) is 9.84 Å². The van der Waals surface area contributed by atoms with E-state index in [1.165, 1.54) is 6.07 Å². The van der Waals surface area contributed by atoms with Crippen LogP contribution in [0.4, 0.5) is 0 Å². The van der Waals surface area contributed by atoms with E-state index in [0.29, 0.717) is 12.1 Å². The Labute approximate surface area is 114 Å². The number of benzene rings is 1. The molecule has 6 heteroatoms. The molecule has 0 aliphatic rings. The van der Waals surface area contributed by atoms with Crippen LogP contribution < -0.4 is 5.32 Å². The Morgan fingerprint density at radius 1 is 1.26 bits per heavy atom. The monoisotopic (exact) mass is 284 g/mol. The lowest BCUT2D eigenvalue weighted by atomic mass is 10.1. The number of carbonyl (C=O) groups is 1. The van der Waals surface area contributed by atoms with Crippen LogP contribution in [0.5, 0.6) is 0 Å². The molecule has 0 saturated heterocycles. The SMILES string of the molecule is CN(C)CCNC(=O)Cc1ccccc1S(C)(=O)=O. The second-order valence-corrected chi connectivity index (χ2v) is 6.69. The number of nitrogens with one attached hydrogen (secondary N) is 1. The highest BCUT2D eigenvalue weighted by molar-refractivity contribution is 7.90. The van der Waals surface area contributed by atoms with E-state index in [4.69, 9.17) is 0 Å². The van der Waals surface area contributed by atoms with Gasteiger partial charge in [0.2, 0.25) is 5.91 Å². The molecule has 0 unspecified atom stereocenters. The van der Waals surface area contributed by atoms with Crippen LogP contribution in [0, 0.1) is 0 Å². The quantitative estimate of drug-likeness (QED) is 0.816. The van der Waals surface area contributed by atoms with E-state index in [1.54, 1.807) is 18.2 Å². The molecule has 0 atom stereocenters. The van der Waals surface area contributed by atoms with E-state index < -0.39 is 9.84 Å². The second-order valence-electron chi connectivity index (χ2n) is 4.71. The smallest absolute Gasteiger partial charge is 0.224 e. The molecule has 0 spiro atoms. The van der Waals surface area contributed by atoms with Crippen LogP contribution in [-0.2, 0) is 21.1 Å². The number of amides is 1. The minimum atomic E-state index is -3.30. The van der Waals surface area contributed by atoms with E-state index in [-0.39, 0.29) is 17.2 Å². The maximum absolute atomic E-state index is 11.7. The summed E-state index contributed by atoms with van der Waals surface area (Å²) in [5, 5.41) is 2.77. The van der Waals surface area contributed by atoms with Gasteiger partial charge in [0.1, 0.15) is 0 Å². The number of hydrogen-bond donors (Lipinski definition) is 1. The highest BCUT2D eigenvalue weighted by Crippen LogP contribution is 2.15. The molecule has 1 amide bonds. The number of hydrogen-bond acceptors (Lipinski definition) is 4. The molecule has 0 aromatic heterocycles. The minimum absolute atomic E-state index is 0.0800. The molecule has 1 rings (SSSR count). The van der Waals surface area contributed by atoms with E-state index in [1.807, 2.05) is 19.0 Å². The predicted molar refractivity (Wildman–Crippen MR) is 74.8 cm³/mol. The molecule has 1 N–H and O–H groups in total. The summed E-state index contributed by atoms with van der Waals surface area (Å²) >= 11 is 0. The molecule has 0 saturated carbocycles. The van der Waals surface area contributed by atoms with Crippen molar-refractivity contribution in [2.75, 3.05) is 33.4 Å². The predicted octanol–water partition coefficient (Wildman–Crippen LogP) is 0.310. The lowest BCUT2D eigenvalue weighted by Crippen LogP contribution is -2.32. The highest BCUT2D eigenvalue weighted by atomic mass is 32.2. The fraction of sp³-hybridized carbons (Fsp3) is 0.462. The van der Waals surface area contributed by atoms with Crippen LogP contribution in [0.2, 0.25) is 0 Å². The number of nitrogens with zero attached hydrogens (tertiary/aromatic N) is 1. The Bertz CT molecular complexity index is 539. The first-order chi connectivity index (χ1) is 8.80. The summed E-state index contributed by atoms with van der Waals surface area (Å²) in [4.78, 5) is 13.9. The lowest BCUT2D eigenvalue weighted by Gasteiger charge is -2.11. The van der Waals surface area contributed by atoms with Crippen LogP contribution in [-0.4, -0.2) is 52.7 Å². The Morgan fingerprint density at radius 2 is 1.89 bits per heavy atom. The van der Waals surface area contributed by atoms with Crippen molar-refractivity contribution in [3.05, 3.63) is 29.8 Å². The Hall–Kier alpha value is -1.40.